The van der Waals surface area contributed by atoms with Crippen LogP contribution < -0.4 is 5.73 Å². The van der Waals surface area contributed by atoms with Gasteiger partial charge in [0.1, 0.15) is 0 Å². The summed E-state index contributed by atoms with van der Waals surface area (Å²) in [5.74, 6) is 0.900. The van der Waals surface area contributed by atoms with Gasteiger partial charge in [0.25, 0.3) is 0 Å². The molecule has 1 saturated carbocycles. The lowest BCUT2D eigenvalue weighted by atomic mass is 9.72. The Balaban J connectivity index is 2.12. The van der Waals surface area contributed by atoms with Crippen LogP contribution in [0.1, 0.15) is 45.4 Å². The number of nitrogens with zero attached hydrogens (tertiary/aromatic N) is 1. The van der Waals surface area contributed by atoms with Crippen molar-refractivity contribution in [3.05, 3.63) is 0 Å². The van der Waals surface area contributed by atoms with Gasteiger partial charge in [-0.3, -0.25) is 0 Å². The molecule has 0 aromatic rings. The summed E-state index contributed by atoms with van der Waals surface area (Å²) in [6.07, 6.45) is 6.62. The summed E-state index contributed by atoms with van der Waals surface area (Å²) in [4.78, 5) is 0. The zero-order valence-corrected chi connectivity index (χ0v) is 11.7. The number of likely N-dealkylation sites (N-methyl/N-ethyl adjacent to an activating group) is 1. The Morgan fingerprint density at radius 1 is 1.35 bits per heavy atom. The number of hydrogen-bond acceptors (Lipinski definition) is 3. The van der Waals surface area contributed by atoms with E-state index in [0.717, 1.165) is 31.6 Å². The zero-order valence-electron chi connectivity index (χ0n) is 10.9. The van der Waals surface area contributed by atoms with Gasteiger partial charge in [0.15, 0.2) is 0 Å². The van der Waals surface area contributed by atoms with Crippen LogP contribution in [0.3, 0.4) is 0 Å². The topological polar surface area (TPSA) is 63.4 Å². The monoisotopic (exact) mass is 260 g/mol. The largest absolute Gasteiger partial charge is 0.325 e. The smallest absolute Gasteiger partial charge is 0.216 e. The van der Waals surface area contributed by atoms with Gasteiger partial charge in [-0.15, -0.1) is 0 Å². The summed E-state index contributed by atoms with van der Waals surface area (Å²) >= 11 is 0. The van der Waals surface area contributed by atoms with E-state index >= 15 is 0 Å². The Bertz CT molecular complexity index is 372. The number of hydrogen-bond donors (Lipinski definition) is 1. The SMILES string of the molecule is CCCC1CCC2(CC1)C(N)CS(=O)(=O)N2C. The first kappa shape index (κ1) is 13.3. The fourth-order valence-electron chi connectivity index (χ4n) is 3.56. The summed E-state index contributed by atoms with van der Waals surface area (Å²) < 4.78 is 25.4. The average Bonchev–Trinajstić information content (AvgIpc) is 2.43. The second kappa shape index (κ2) is 4.52. The molecule has 2 rings (SSSR count). The molecule has 1 saturated heterocycles. The molecule has 0 aromatic heterocycles. The molecule has 1 aliphatic carbocycles. The van der Waals surface area contributed by atoms with Crippen molar-refractivity contribution in [3.63, 3.8) is 0 Å². The van der Waals surface area contributed by atoms with E-state index in [1.165, 1.54) is 12.8 Å². The van der Waals surface area contributed by atoms with Gasteiger partial charge in [0, 0.05) is 13.1 Å². The highest BCUT2D eigenvalue weighted by atomic mass is 32.2. The van der Waals surface area contributed by atoms with Crippen LogP contribution in [0, 0.1) is 5.92 Å². The van der Waals surface area contributed by atoms with Crippen LogP contribution in [0.5, 0.6) is 0 Å². The third kappa shape index (κ3) is 2.13. The minimum atomic E-state index is -3.10. The molecule has 2 fully saturated rings. The maximum Gasteiger partial charge on any atom is 0.216 e. The molecule has 2 aliphatic rings. The van der Waals surface area contributed by atoms with Gasteiger partial charge in [-0.2, -0.15) is 4.31 Å². The first-order valence-corrected chi connectivity index (χ1v) is 8.25. The Morgan fingerprint density at radius 2 is 1.94 bits per heavy atom. The van der Waals surface area contributed by atoms with Crippen LogP contribution in [-0.2, 0) is 10.0 Å². The molecule has 17 heavy (non-hydrogen) atoms. The summed E-state index contributed by atoms with van der Waals surface area (Å²) in [5.41, 5.74) is 5.83. The van der Waals surface area contributed by atoms with Crippen molar-refractivity contribution in [1.29, 1.82) is 0 Å². The molecule has 0 aromatic carbocycles. The van der Waals surface area contributed by atoms with Gasteiger partial charge in [-0.05, 0) is 31.6 Å². The molecule has 1 atom stereocenters. The average molecular weight is 260 g/mol. The standard InChI is InChI=1S/C12H24N2O2S/c1-3-4-10-5-7-12(8-6-10)11(13)9-17(15,16)14(12)2/h10-11H,3-9,13H2,1-2H3. The van der Waals surface area contributed by atoms with Crippen molar-refractivity contribution in [2.24, 2.45) is 11.7 Å². The molecule has 2 N–H and O–H groups in total. The van der Waals surface area contributed by atoms with Crippen molar-refractivity contribution in [1.82, 2.24) is 4.31 Å². The van der Waals surface area contributed by atoms with E-state index in [2.05, 4.69) is 6.92 Å². The molecular weight excluding hydrogens is 236 g/mol. The Hall–Kier alpha value is -0.130. The molecule has 1 aliphatic heterocycles. The maximum absolute atomic E-state index is 11.9. The Morgan fingerprint density at radius 3 is 2.35 bits per heavy atom. The van der Waals surface area contributed by atoms with Crippen molar-refractivity contribution in [2.75, 3.05) is 12.8 Å². The lowest BCUT2D eigenvalue weighted by Gasteiger charge is -2.43. The second-order valence-corrected chi connectivity index (χ2v) is 7.73. The van der Waals surface area contributed by atoms with Crippen LogP contribution in [0.15, 0.2) is 0 Å². The molecule has 5 heteroatoms. The van der Waals surface area contributed by atoms with E-state index in [4.69, 9.17) is 5.73 Å². The van der Waals surface area contributed by atoms with Gasteiger partial charge in [0.05, 0.1) is 11.3 Å². The molecule has 4 nitrogen and oxygen atoms in total. The highest BCUT2D eigenvalue weighted by Gasteiger charge is 2.54. The summed E-state index contributed by atoms with van der Waals surface area (Å²) in [7, 11) is -1.39. The quantitative estimate of drug-likeness (QED) is 0.814. The molecule has 0 amide bonds. The van der Waals surface area contributed by atoms with Crippen molar-refractivity contribution >= 4 is 10.0 Å². The molecular formula is C12H24N2O2S. The van der Waals surface area contributed by atoms with Gasteiger partial charge >= 0.3 is 0 Å². The van der Waals surface area contributed by atoms with E-state index in [9.17, 15) is 8.42 Å². The van der Waals surface area contributed by atoms with Crippen LogP contribution in [0.2, 0.25) is 0 Å². The second-order valence-electron chi connectivity index (χ2n) is 5.69. The van der Waals surface area contributed by atoms with Crippen LogP contribution in [0.4, 0.5) is 0 Å². The summed E-state index contributed by atoms with van der Waals surface area (Å²) in [6, 6.07) is -0.208. The number of sulfonamides is 1. The van der Waals surface area contributed by atoms with Gasteiger partial charge in [0.2, 0.25) is 10.0 Å². The van der Waals surface area contributed by atoms with Gasteiger partial charge in [-0.25, -0.2) is 8.42 Å². The first-order chi connectivity index (χ1) is 7.92. The Kier molecular flexibility index (Phi) is 3.54. The van der Waals surface area contributed by atoms with Crippen molar-refractivity contribution in [3.8, 4) is 0 Å². The summed E-state index contributed by atoms with van der Waals surface area (Å²) in [5, 5.41) is 0. The highest BCUT2D eigenvalue weighted by molar-refractivity contribution is 7.89. The van der Waals surface area contributed by atoms with E-state index in [0.29, 0.717) is 0 Å². The van der Waals surface area contributed by atoms with Gasteiger partial charge in [-0.1, -0.05) is 19.8 Å². The van der Waals surface area contributed by atoms with Crippen molar-refractivity contribution in [2.45, 2.75) is 57.0 Å². The Labute approximate surface area is 105 Å². The van der Waals surface area contributed by atoms with E-state index < -0.39 is 10.0 Å². The third-order valence-corrected chi connectivity index (χ3v) is 6.77. The highest BCUT2D eigenvalue weighted by Crippen LogP contribution is 2.44. The fourth-order valence-corrected chi connectivity index (χ4v) is 5.42. The van der Waals surface area contributed by atoms with Crippen molar-refractivity contribution < 1.29 is 8.42 Å². The third-order valence-electron chi connectivity index (χ3n) is 4.79. The van der Waals surface area contributed by atoms with E-state index in [-0.39, 0.29) is 17.3 Å². The molecule has 1 heterocycles. The minimum absolute atomic E-state index is 0.127. The molecule has 100 valence electrons. The molecule has 0 radical (unpaired) electrons. The van der Waals surface area contributed by atoms with Crippen LogP contribution >= 0.6 is 0 Å². The van der Waals surface area contributed by atoms with Gasteiger partial charge < -0.3 is 5.73 Å². The normalized spacial score (nSPS) is 42.1. The zero-order chi connectivity index (χ0) is 12.7. The summed E-state index contributed by atoms with van der Waals surface area (Å²) in [6.45, 7) is 2.21. The first-order valence-electron chi connectivity index (χ1n) is 6.64. The van der Waals surface area contributed by atoms with Crippen LogP contribution in [-0.4, -0.2) is 37.1 Å². The molecule has 0 bridgehead atoms. The number of rotatable bonds is 2. The molecule has 1 spiro atoms. The molecule has 1 unspecified atom stereocenters. The predicted molar refractivity (Wildman–Crippen MR) is 69.1 cm³/mol. The van der Waals surface area contributed by atoms with Crippen LogP contribution in [0.25, 0.3) is 0 Å². The fraction of sp³-hybridized carbons (Fsp3) is 1.00. The minimum Gasteiger partial charge on any atom is -0.325 e. The predicted octanol–water partition coefficient (Wildman–Crippen LogP) is 1.32. The lowest BCUT2D eigenvalue weighted by molar-refractivity contribution is 0.115. The van der Waals surface area contributed by atoms with E-state index in [1.807, 2.05) is 0 Å². The maximum atomic E-state index is 11.9. The van der Waals surface area contributed by atoms with E-state index in [1.54, 1.807) is 11.4 Å². The lowest BCUT2D eigenvalue weighted by Crippen LogP contribution is -2.55. The number of nitrogens with two attached hydrogens (primary N) is 1.